The number of halogens is 3. The zero-order valence-corrected chi connectivity index (χ0v) is 14.5. The molecule has 1 heterocycles. The summed E-state index contributed by atoms with van der Waals surface area (Å²) in [6.07, 6.45) is 0.270. The lowest BCUT2D eigenvalue weighted by molar-refractivity contribution is -0.130. The number of piperazine rings is 1. The lowest BCUT2D eigenvalue weighted by atomic mass is 10.1. The van der Waals surface area contributed by atoms with E-state index in [4.69, 9.17) is 23.2 Å². The summed E-state index contributed by atoms with van der Waals surface area (Å²) in [5.74, 6) is -0.189. The van der Waals surface area contributed by atoms with Crippen LogP contribution in [0, 0.1) is 5.82 Å². The van der Waals surface area contributed by atoms with Gasteiger partial charge in [-0.2, -0.15) is 0 Å². The summed E-state index contributed by atoms with van der Waals surface area (Å²) in [5.41, 5.74) is 1.76. The highest BCUT2D eigenvalue weighted by Gasteiger charge is 2.22. The highest BCUT2D eigenvalue weighted by molar-refractivity contribution is 6.35. The average molecular weight is 367 g/mol. The van der Waals surface area contributed by atoms with Crippen molar-refractivity contribution in [1.29, 1.82) is 0 Å². The van der Waals surface area contributed by atoms with Gasteiger partial charge in [0.05, 0.1) is 6.42 Å². The number of hydrogen-bond donors (Lipinski definition) is 0. The molecular weight excluding hydrogens is 350 g/mol. The maximum atomic E-state index is 13.0. The molecule has 0 bridgehead atoms. The zero-order valence-electron chi connectivity index (χ0n) is 13.0. The van der Waals surface area contributed by atoms with E-state index in [1.807, 2.05) is 4.90 Å². The van der Waals surface area contributed by atoms with E-state index in [9.17, 15) is 9.18 Å². The first-order valence-electron chi connectivity index (χ1n) is 7.75. The summed E-state index contributed by atoms with van der Waals surface area (Å²) in [6.45, 7) is 2.74. The van der Waals surface area contributed by atoms with E-state index >= 15 is 0 Å². The number of carbonyl (C=O) groups is 1. The van der Waals surface area contributed by atoms with Crippen molar-refractivity contribution in [2.24, 2.45) is 0 Å². The van der Waals surface area contributed by atoms with Gasteiger partial charge >= 0.3 is 0 Å². The molecule has 3 nitrogen and oxygen atoms in total. The lowest BCUT2D eigenvalue weighted by Gasteiger charge is -2.36. The topological polar surface area (TPSA) is 23.6 Å². The molecule has 1 fully saturated rings. The molecule has 24 heavy (non-hydrogen) atoms. The lowest BCUT2D eigenvalue weighted by Crippen LogP contribution is -2.49. The Morgan fingerprint density at radius 1 is 1.00 bits per heavy atom. The number of nitrogens with zero attached hydrogens (tertiary/aromatic N) is 2. The second kappa shape index (κ2) is 7.41. The molecule has 0 N–H and O–H groups in total. The molecule has 1 aliphatic rings. The van der Waals surface area contributed by atoms with Crippen molar-refractivity contribution < 1.29 is 9.18 Å². The van der Waals surface area contributed by atoms with Gasteiger partial charge in [0, 0.05) is 41.9 Å². The molecular formula is C18H17Cl2FN2O. The third kappa shape index (κ3) is 4.00. The average Bonchev–Trinajstić information content (AvgIpc) is 2.58. The van der Waals surface area contributed by atoms with E-state index in [-0.39, 0.29) is 18.1 Å². The molecule has 6 heteroatoms. The maximum Gasteiger partial charge on any atom is 0.227 e. The van der Waals surface area contributed by atoms with Crippen LogP contribution in [0.4, 0.5) is 10.1 Å². The highest BCUT2D eigenvalue weighted by atomic mass is 35.5. The Hall–Kier alpha value is -1.78. The van der Waals surface area contributed by atoms with Crippen LogP contribution in [0.2, 0.25) is 10.0 Å². The molecule has 0 aromatic heterocycles. The van der Waals surface area contributed by atoms with Gasteiger partial charge in [-0.1, -0.05) is 29.3 Å². The molecule has 0 atom stereocenters. The number of rotatable bonds is 3. The van der Waals surface area contributed by atoms with Crippen molar-refractivity contribution in [3.63, 3.8) is 0 Å². The molecule has 0 radical (unpaired) electrons. The fourth-order valence-electron chi connectivity index (χ4n) is 2.81. The first kappa shape index (κ1) is 17.1. The monoisotopic (exact) mass is 366 g/mol. The molecule has 2 aromatic carbocycles. The van der Waals surface area contributed by atoms with Crippen LogP contribution in [-0.2, 0) is 11.2 Å². The second-order valence-electron chi connectivity index (χ2n) is 5.76. The Morgan fingerprint density at radius 3 is 2.29 bits per heavy atom. The zero-order chi connectivity index (χ0) is 17.1. The molecule has 3 rings (SSSR count). The molecule has 0 saturated carbocycles. The van der Waals surface area contributed by atoms with Gasteiger partial charge < -0.3 is 9.80 Å². The van der Waals surface area contributed by atoms with E-state index in [1.54, 1.807) is 30.3 Å². The van der Waals surface area contributed by atoms with Gasteiger partial charge in [0.1, 0.15) is 5.82 Å². The summed E-state index contributed by atoms with van der Waals surface area (Å²) < 4.78 is 13.0. The third-order valence-corrected chi connectivity index (χ3v) is 4.77. The third-order valence-electron chi connectivity index (χ3n) is 4.18. The predicted molar refractivity (Wildman–Crippen MR) is 95.4 cm³/mol. The highest BCUT2D eigenvalue weighted by Crippen LogP contribution is 2.22. The summed E-state index contributed by atoms with van der Waals surface area (Å²) in [4.78, 5) is 16.4. The minimum Gasteiger partial charge on any atom is -0.368 e. The summed E-state index contributed by atoms with van der Waals surface area (Å²) >= 11 is 12.0. The number of anilines is 1. The molecule has 0 spiro atoms. The second-order valence-corrected chi connectivity index (χ2v) is 6.60. The fraction of sp³-hybridized carbons (Fsp3) is 0.278. The largest absolute Gasteiger partial charge is 0.368 e. The van der Waals surface area contributed by atoms with Crippen molar-refractivity contribution >= 4 is 34.8 Å². The van der Waals surface area contributed by atoms with E-state index in [2.05, 4.69) is 4.90 Å². The molecule has 0 aliphatic carbocycles. The van der Waals surface area contributed by atoms with Gasteiger partial charge in [0.2, 0.25) is 5.91 Å². The van der Waals surface area contributed by atoms with Crippen LogP contribution in [0.5, 0.6) is 0 Å². The van der Waals surface area contributed by atoms with Crippen LogP contribution in [0.15, 0.2) is 42.5 Å². The standard InChI is InChI=1S/C18H17Cl2FN2O/c19-14-2-1-13(17(20)12-14)11-18(24)23-9-7-22(8-10-23)16-5-3-15(21)4-6-16/h1-6,12H,7-11H2. The van der Waals surface area contributed by atoms with Gasteiger partial charge in [-0.15, -0.1) is 0 Å². The summed E-state index contributed by atoms with van der Waals surface area (Å²) in [7, 11) is 0. The Morgan fingerprint density at radius 2 is 1.67 bits per heavy atom. The van der Waals surface area contributed by atoms with Crippen molar-refractivity contribution in [1.82, 2.24) is 4.90 Å². The Balaban J connectivity index is 1.58. The smallest absolute Gasteiger partial charge is 0.227 e. The SMILES string of the molecule is O=C(Cc1ccc(Cl)cc1Cl)N1CCN(c2ccc(F)cc2)CC1. The van der Waals surface area contributed by atoms with Gasteiger partial charge in [-0.05, 0) is 42.0 Å². The normalized spacial score (nSPS) is 14.8. The van der Waals surface area contributed by atoms with Gasteiger partial charge in [0.25, 0.3) is 0 Å². The maximum absolute atomic E-state index is 13.0. The minimum absolute atomic E-state index is 0.0537. The molecule has 1 amide bonds. The van der Waals surface area contributed by atoms with Crippen molar-refractivity contribution in [3.05, 3.63) is 63.9 Å². The Bertz CT molecular complexity index is 728. The Labute approximate surface area is 150 Å². The van der Waals surface area contributed by atoms with Gasteiger partial charge in [0.15, 0.2) is 0 Å². The van der Waals surface area contributed by atoms with Crippen molar-refractivity contribution in [3.8, 4) is 0 Å². The van der Waals surface area contributed by atoms with Crippen LogP contribution in [0.25, 0.3) is 0 Å². The van der Waals surface area contributed by atoms with Crippen molar-refractivity contribution in [2.45, 2.75) is 6.42 Å². The van der Waals surface area contributed by atoms with E-state index in [1.165, 1.54) is 12.1 Å². The van der Waals surface area contributed by atoms with Crippen LogP contribution in [-0.4, -0.2) is 37.0 Å². The summed E-state index contributed by atoms with van der Waals surface area (Å²) in [6, 6.07) is 11.6. The summed E-state index contributed by atoms with van der Waals surface area (Å²) in [5, 5.41) is 1.07. The Kier molecular flexibility index (Phi) is 5.27. The predicted octanol–water partition coefficient (Wildman–Crippen LogP) is 4.02. The number of amides is 1. The molecule has 2 aromatic rings. The first-order valence-corrected chi connectivity index (χ1v) is 8.51. The van der Waals surface area contributed by atoms with Crippen LogP contribution in [0.1, 0.15) is 5.56 Å². The molecule has 1 saturated heterocycles. The number of carbonyl (C=O) groups excluding carboxylic acids is 1. The quantitative estimate of drug-likeness (QED) is 0.818. The first-order chi connectivity index (χ1) is 11.5. The van der Waals surface area contributed by atoms with Crippen LogP contribution < -0.4 is 4.90 Å². The van der Waals surface area contributed by atoms with E-state index in [0.717, 1.165) is 24.3 Å². The van der Waals surface area contributed by atoms with Crippen LogP contribution in [0.3, 0.4) is 0 Å². The van der Waals surface area contributed by atoms with E-state index in [0.29, 0.717) is 23.1 Å². The number of hydrogen-bond acceptors (Lipinski definition) is 2. The molecule has 0 unspecified atom stereocenters. The van der Waals surface area contributed by atoms with Crippen LogP contribution >= 0.6 is 23.2 Å². The van der Waals surface area contributed by atoms with Crippen molar-refractivity contribution in [2.75, 3.05) is 31.1 Å². The molecule has 1 aliphatic heterocycles. The van der Waals surface area contributed by atoms with E-state index < -0.39 is 0 Å². The van der Waals surface area contributed by atoms with Gasteiger partial charge in [-0.3, -0.25) is 4.79 Å². The van der Waals surface area contributed by atoms with Gasteiger partial charge in [-0.25, -0.2) is 4.39 Å². The number of benzene rings is 2. The fourth-order valence-corrected chi connectivity index (χ4v) is 3.28. The molecule has 126 valence electrons. The minimum atomic E-state index is -0.243.